The van der Waals surface area contributed by atoms with Gasteiger partial charge in [0.1, 0.15) is 18.1 Å². The number of ether oxygens (including phenoxy) is 1. The van der Waals surface area contributed by atoms with E-state index in [0.717, 1.165) is 78.1 Å². The number of ketones is 1. The van der Waals surface area contributed by atoms with Crippen LogP contribution in [0.25, 0.3) is 11.1 Å². The van der Waals surface area contributed by atoms with E-state index in [1.165, 1.54) is 19.1 Å². The molecule has 5 aromatic rings. The van der Waals surface area contributed by atoms with Gasteiger partial charge in [-0.15, -0.1) is 0 Å². The minimum absolute atomic E-state index is 0.0559. The van der Waals surface area contributed by atoms with Crippen molar-refractivity contribution in [2.75, 3.05) is 13.1 Å². The standard InChI is InChI=1S/C42H38ClF3N2O4/c1-27(49)37-20-19-35-38(47-37)6-4-7-39(35)48(23-21-28-9-11-31(12-10-28)41(50)51)24-22-30-5-2-3-8-40(30)52-26-33-14-13-32(25-36(33)43)29-15-17-34(18-16-29)42(44,45)46/h2-3,5,8-20,25,39H,4,6-7,21-24,26H2,1H3,(H,50,51). The van der Waals surface area contributed by atoms with Crippen LogP contribution in [0, 0.1) is 0 Å². The van der Waals surface area contributed by atoms with Gasteiger partial charge in [-0.05, 0) is 102 Å². The first-order valence-electron chi connectivity index (χ1n) is 17.2. The van der Waals surface area contributed by atoms with E-state index in [9.17, 15) is 27.9 Å². The number of benzene rings is 4. The number of aryl methyl sites for hydroxylation is 1. The number of aromatic carboxylic acids is 1. The highest BCUT2D eigenvalue weighted by Crippen LogP contribution is 2.35. The highest BCUT2D eigenvalue weighted by molar-refractivity contribution is 6.31. The summed E-state index contributed by atoms with van der Waals surface area (Å²) in [4.78, 5) is 30.6. The monoisotopic (exact) mass is 726 g/mol. The number of fused-ring (bicyclic) bond motifs is 1. The summed E-state index contributed by atoms with van der Waals surface area (Å²) >= 11 is 6.64. The number of para-hydroxylation sites is 1. The fourth-order valence-corrected chi connectivity index (χ4v) is 6.92. The van der Waals surface area contributed by atoms with Crippen molar-refractivity contribution in [2.24, 2.45) is 0 Å². The van der Waals surface area contributed by atoms with Gasteiger partial charge in [-0.1, -0.05) is 72.3 Å². The van der Waals surface area contributed by atoms with Crippen LogP contribution >= 0.6 is 11.6 Å². The predicted octanol–water partition coefficient (Wildman–Crippen LogP) is 10.1. The van der Waals surface area contributed by atoms with Crippen molar-refractivity contribution >= 4 is 23.4 Å². The minimum atomic E-state index is -4.40. The number of aromatic nitrogens is 1. The van der Waals surface area contributed by atoms with Crippen LogP contribution in [0.3, 0.4) is 0 Å². The first-order chi connectivity index (χ1) is 25.0. The molecule has 0 bridgehead atoms. The third-order valence-corrected chi connectivity index (χ3v) is 9.92. The molecule has 0 saturated carbocycles. The molecule has 1 unspecified atom stereocenters. The Morgan fingerprint density at radius 3 is 2.29 bits per heavy atom. The van der Waals surface area contributed by atoms with Crippen molar-refractivity contribution < 1.29 is 32.6 Å². The van der Waals surface area contributed by atoms with Gasteiger partial charge in [0.15, 0.2) is 5.78 Å². The molecule has 10 heteroatoms. The van der Waals surface area contributed by atoms with Gasteiger partial charge in [-0.2, -0.15) is 13.2 Å². The van der Waals surface area contributed by atoms with Crippen LogP contribution in [-0.4, -0.2) is 39.8 Å². The largest absolute Gasteiger partial charge is 0.489 e. The number of carbonyl (C=O) groups is 2. The lowest BCUT2D eigenvalue weighted by Gasteiger charge is -2.36. The molecule has 1 aromatic heterocycles. The fourth-order valence-electron chi connectivity index (χ4n) is 6.69. The van der Waals surface area contributed by atoms with Crippen molar-refractivity contribution in [3.05, 3.63) is 153 Å². The topological polar surface area (TPSA) is 79.7 Å². The quantitative estimate of drug-likeness (QED) is 0.122. The number of nitrogens with zero attached hydrogens (tertiary/aromatic N) is 2. The van der Waals surface area contributed by atoms with E-state index in [0.29, 0.717) is 34.8 Å². The number of rotatable bonds is 13. The Morgan fingerprint density at radius 1 is 0.885 bits per heavy atom. The lowest BCUT2D eigenvalue weighted by Crippen LogP contribution is -2.35. The molecule has 6 nitrogen and oxygen atoms in total. The molecule has 268 valence electrons. The van der Waals surface area contributed by atoms with Gasteiger partial charge in [0.2, 0.25) is 0 Å². The van der Waals surface area contributed by atoms with Crippen LogP contribution in [0.2, 0.25) is 5.02 Å². The lowest BCUT2D eigenvalue weighted by molar-refractivity contribution is -0.137. The maximum Gasteiger partial charge on any atom is 0.416 e. The Kier molecular flexibility index (Phi) is 11.4. The molecule has 0 amide bonds. The van der Waals surface area contributed by atoms with Gasteiger partial charge in [0.25, 0.3) is 0 Å². The molecule has 0 saturated heterocycles. The molecule has 6 rings (SSSR count). The van der Waals surface area contributed by atoms with E-state index < -0.39 is 17.7 Å². The molecule has 1 N–H and O–H groups in total. The van der Waals surface area contributed by atoms with Crippen LogP contribution < -0.4 is 4.74 Å². The number of carbonyl (C=O) groups excluding carboxylic acids is 1. The van der Waals surface area contributed by atoms with Crippen molar-refractivity contribution in [1.82, 2.24) is 9.88 Å². The van der Waals surface area contributed by atoms with Crippen LogP contribution in [-0.2, 0) is 32.0 Å². The number of hydrogen-bond acceptors (Lipinski definition) is 5. The van der Waals surface area contributed by atoms with Crippen LogP contribution in [0.5, 0.6) is 5.75 Å². The summed E-state index contributed by atoms with van der Waals surface area (Å²) in [5, 5.41) is 9.78. The Bertz CT molecular complexity index is 2050. The summed E-state index contributed by atoms with van der Waals surface area (Å²) in [6.07, 6.45) is -0.256. The fraction of sp³-hybridized carbons (Fsp3) is 0.262. The van der Waals surface area contributed by atoms with Crippen LogP contribution in [0.1, 0.15) is 80.2 Å². The maximum atomic E-state index is 13.0. The summed E-state index contributed by atoms with van der Waals surface area (Å²) in [5.74, 6) is -0.284. The van der Waals surface area contributed by atoms with Gasteiger partial charge < -0.3 is 9.84 Å². The molecular weight excluding hydrogens is 689 g/mol. The molecule has 1 heterocycles. The number of carboxylic acids is 1. The zero-order valence-corrected chi connectivity index (χ0v) is 29.4. The number of alkyl halides is 3. The first kappa shape index (κ1) is 36.8. The number of pyridine rings is 1. The highest BCUT2D eigenvalue weighted by atomic mass is 35.5. The Balaban J connectivity index is 1.17. The zero-order valence-electron chi connectivity index (χ0n) is 28.6. The second kappa shape index (κ2) is 16.1. The molecule has 0 fully saturated rings. The molecule has 1 atom stereocenters. The number of halogens is 4. The van der Waals surface area contributed by atoms with Crippen LogP contribution in [0.15, 0.2) is 103 Å². The molecular formula is C42H38ClF3N2O4. The number of hydrogen-bond donors (Lipinski definition) is 1. The lowest BCUT2D eigenvalue weighted by atomic mass is 9.89. The van der Waals surface area contributed by atoms with E-state index in [-0.39, 0.29) is 24.0 Å². The molecule has 1 aliphatic rings. The summed E-state index contributed by atoms with van der Waals surface area (Å²) in [6.45, 7) is 3.19. The maximum absolute atomic E-state index is 13.0. The molecule has 0 spiro atoms. The van der Waals surface area contributed by atoms with Crippen molar-refractivity contribution in [3.8, 4) is 16.9 Å². The third-order valence-electron chi connectivity index (χ3n) is 9.57. The van der Waals surface area contributed by atoms with Gasteiger partial charge in [0, 0.05) is 42.3 Å². The van der Waals surface area contributed by atoms with E-state index in [4.69, 9.17) is 21.3 Å². The van der Waals surface area contributed by atoms with E-state index in [2.05, 4.69) is 4.90 Å². The van der Waals surface area contributed by atoms with Gasteiger partial charge in [0.05, 0.1) is 11.1 Å². The van der Waals surface area contributed by atoms with Gasteiger partial charge >= 0.3 is 12.1 Å². The number of carboxylic acid groups (broad SMARTS) is 1. The van der Waals surface area contributed by atoms with Crippen molar-refractivity contribution in [2.45, 2.75) is 57.9 Å². The van der Waals surface area contributed by atoms with E-state index in [1.54, 1.807) is 18.2 Å². The normalized spacial score (nSPS) is 14.2. The molecule has 0 aliphatic heterocycles. The molecule has 4 aromatic carbocycles. The Hall–Kier alpha value is -4.99. The minimum Gasteiger partial charge on any atom is -0.489 e. The highest BCUT2D eigenvalue weighted by Gasteiger charge is 2.30. The average Bonchev–Trinajstić information content (AvgIpc) is 3.14. The SMILES string of the molecule is CC(=O)c1ccc2c(n1)CCCC2N(CCc1ccc(C(=O)O)cc1)CCc1ccccc1OCc1ccc(-c2ccc(C(F)(F)F)cc2)cc1Cl. The Morgan fingerprint density at radius 2 is 1.60 bits per heavy atom. The summed E-state index contributed by atoms with van der Waals surface area (Å²) in [7, 11) is 0. The third kappa shape index (κ3) is 8.89. The smallest absolute Gasteiger partial charge is 0.416 e. The van der Waals surface area contributed by atoms with E-state index >= 15 is 0 Å². The van der Waals surface area contributed by atoms with Crippen molar-refractivity contribution in [1.29, 1.82) is 0 Å². The second-order valence-corrected chi connectivity index (χ2v) is 13.4. The van der Waals surface area contributed by atoms with Crippen LogP contribution in [0.4, 0.5) is 13.2 Å². The van der Waals surface area contributed by atoms with Crippen molar-refractivity contribution in [3.63, 3.8) is 0 Å². The summed E-state index contributed by atoms with van der Waals surface area (Å²) in [6, 6.07) is 29.2. The van der Waals surface area contributed by atoms with E-state index in [1.807, 2.05) is 60.7 Å². The summed E-state index contributed by atoms with van der Waals surface area (Å²) < 4.78 is 45.4. The van der Waals surface area contributed by atoms with Gasteiger partial charge in [-0.25, -0.2) is 9.78 Å². The molecule has 0 radical (unpaired) electrons. The molecule has 1 aliphatic carbocycles. The first-order valence-corrected chi connectivity index (χ1v) is 17.6. The average molecular weight is 727 g/mol. The zero-order chi connectivity index (χ0) is 36.8. The van der Waals surface area contributed by atoms with Gasteiger partial charge in [-0.3, -0.25) is 9.69 Å². The Labute approximate surface area is 305 Å². The predicted molar refractivity (Wildman–Crippen MR) is 195 cm³/mol. The molecule has 52 heavy (non-hydrogen) atoms. The second-order valence-electron chi connectivity index (χ2n) is 13.0. The summed E-state index contributed by atoms with van der Waals surface area (Å²) in [5.41, 5.74) is 6.28. The number of Topliss-reactive ketones (excluding diaryl/α,β-unsaturated/α-hetero) is 1.